The lowest BCUT2D eigenvalue weighted by atomic mass is 10.2. The second-order valence-electron chi connectivity index (χ2n) is 3.47. The van der Waals surface area contributed by atoms with E-state index in [1.54, 1.807) is 12.4 Å². The third-order valence-electron chi connectivity index (χ3n) is 2.39. The van der Waals surface area contributed by atoms with Crippen molar-refractivity contribution in [2.24, 2.45) is 9.98 Å². The zero-order chi connectivity index (χ0) is 10.7. The Kier molecular flexibility index (Phi) is 2.41. The van der Waals surface area contributed by atoms with Crippen molar-refractivity contribution in [1.29, 1.82) is 0 Å². The monoisotopic (exact) mass is 202 g/mol. The Balaban J connectivity index is 2.17. The molecule has 0 radical (unpaired) electrons. The van der Waals surface area contributed by atoms with Crippen LogP contribution in [0.15, 0.2) is 34.3 Å². The van der Waals surface area contributed by atoms with Gasteiger partial charge in [-0.25, -0.2) is 9.98 Å². The summed E-state index contributed by atoms with van der Waals surface area (Å²) in [7, 11) is 0. The molecule has 0 bridgehead atoms. The molecule has 1 aromatic carbocycles. The second-order valence-corrected chi connectivity index (χ2v) is 3.47. The van der Waals surface area contributed by atoms with Gasteiger partial charge in [0, 0.05) is 30.2 Å². The number of benzene rings is 1. The molecule has 0 amide bonds. The molecular weight excluding hydrogens is 188 g/mol. The van der Waals surface area contributed by atoms with Crippen LogP contribution in [0.3, 0.4) is 0 Å². The summed E-state index contributed by atoms with van der Waals surface area (Å²) in [6.07, 6.45) is 4.24. The Labute approximate surface area is 88.9 Å². The summed E-state index contributed by atoms with van der Waals surface area (Å²) in [6.45, 7) is 2.05. The molecule has 1 heterocycles. The molecular formula is C11H14N4. The minimum Gasteiger partial charge on any atom is -0.399 e. The molecule has 1 aromatic rings. The van der Waals surface area contributed by atoms with Crippen LogP contribution in [-0.4, -0.2) is 18.2 Å². The van der Waals surface area contributed by atoms with Crippen LogP contribution in [0.25, 0.3) is 0 Å². The molecule has 0 fully saturated rings. The van der Waals surface area contributed by atoms with E-state index in [0.717, 1.165) is 17.8 Å². The number of anilines is 2. The zero-order valence-electron chi connectivity index (χ0n) is 8.64. The highest BCUT2D eigenvalue weighted by molar-refractivity contribution is 6.17. The molecule has 4 heteroatoms. The molecule has 0 spiro atoms. The van der Waals surface area contributed by atoms with Gasteiger partial charge in [0.1, 0.15) is 0 Å². The molecule has 0 saturated carbocycles. The van der Waals surface area contributed by atoms with E-state index in [0.29, 0.717) is 0 Å². The number of hydrogen-bond acceptors (Lipinski definition) is 4. The van der Waals surface area contributed by atoms with E-state index >= 15 is 0 Å². The number of nitrogens with two attached hydrogens (primary N) is 1. The fourth-order valence-corrected chi connectivity index (χ4v) is 1.48. The van der Waals surface area contributed by atoms with Crippen LogP contribution in [0.5, 0.6) is 0 Å². The maximum Gasteiger partial charge on any atom is 0.224 e. The van der Waals surface area contributed by atoms with Crippen molar-refractivity contribution in [1.82, 2.24) is 0 Å². The van der Waals surface area contributed by atoms with Gasteiger partial charge in [-0.3, -0.25) is 0 Å². The predicted molar refractivity (Wildman–Crippen MR) is 64.5 cm³/mol. The molecule has 0 unspecified atom stereocenters. The number of nitrogens with one attached hydrogen (secondary N) is 1. The molecule has 1 aliphatic rings. The second kappa shape index (κ2) is 3.73. The van der Waals surface area contributed by atoms with E-state index in [9.17, 15) is 0 Å². The average Bonchev–Trinajstić information content (AvgIpc) is 2.71. The normalized spacial score (nSPS) is 16.9. The first kappa shape index (κ1) is 9.71. The van der Waals surface area contributed by atoms with Crippen molar-refractivity contribution >= 4 is 23.8 Å². The number of aliphatic imine (C=N–C) groups is 2. The molecule has 0 aromatic heterocycles. The summed E-state index contributed by atoms with van der Waals surface area (Å²) in [5, 5.41) is 3.28. The Morgan fingerprint density at radius 2 is 1.80 bits per heavy atom. The largest absolute Gasteiger partial charge is 0.399 e. The minimum absolute atomic E-state index is 0.518. The SMILES string of the molecule is CCC1(Nc2ccc(N)cc2)N=CC=N1. The van der Waals surface area contributed by atoms with Crippen molar-refractivity contribution in [2.45, 2.75) is 19.1 Å². The summed E-state index contributed by atoms with van der Waals surface area (Å²) in [5.41, 5.74) is 7.34. The van der Waals surface area contributed by atoms with Crippen molar-refractivity contribution < 1.29 is 0 Å². The Morgan fingerprint density at radius 3 is 2.33 bits per heavy atom. The number of rotatable bonds is 3. The summed E-state index contributed by atoms with van der Waals surface area (Å²) in [6, 6.07) is 7.56. The highest BCUT2D eigenvalue weighted by atomic mass is 15.3. The first-order chi connectivity index (χ1) is 7.24. The van der Waals surface area contributed by atoms with Crippen LogP contribution in [0, 0.1) is 0 Å². The van der Waals surface area contributed by atoms with Crippen LogP contribution in [-0.2, 0) is 0 Å². The number of nitrogen functional groups attached to an aromatic ring is 1. The molecule has 1 aliphatic heterocycles. The molecule has 78 valence electrons. The van der Waals surface area contributed by atoms with Gasteiger partial charge in [-0.15, -0.1) is 0 Å². The van der Waals surface area contributed by atoms with E-state index < -0.39 is 5.79 Å². The van der Waals surface area contributed by atoms with Crippen LogP contribution in [0.4, 0.5) is 11.4 Å². The van der Waals surface area contributed by atoms with Gasteiger partial charge in [0.25, 0.3) is 0 Å². The molecule has 0 atom stereocenters. The number of nitrogens with zero attached hydrogens (tertiary/aromatic N) is 2. The van der Waals surface area contributed by atoms with Crippen LogP contribution < -0.4 is 11.1 Å². The van der Waals surface area contributed by atoms with Gasteiger partial charge in [0.15, 0.2) is 0 Å². The predicted octanol–water partition coefficient (Wildman–Crippen LogP) is 1.90. The molecule has 15 heavy (non-hydrogen) atoms. The van der Waals surface area contributed by atoms with Gasteiger partial charge in [0.2, 0.25) is 5.79 Å². The van der Waals surface area contributed by atoms with Gasteiger partial charge in [-0.2, -0.15) is 0 Å². The van der Waals surface area contributed by atoms with Gasteiger partial charge in [-0.05, 0) is 24.3 Å². The molecule has 2 rings (SSSR count). The highest BCUT2D eigenvalue weighted by Gasteiger charge is 2.26. The summed E-state index contributed by atoms with van der Waals surface area (Å²) in [5.74, 6) is -0.518. The summed E-state index contributed by atoms with van der Waals surface area (Å²) in [4.78, 5) is 8.63. The van der Waals surface area contributed by atoms with E-state index in [-0.39, 0.29) is 0 Å². The first-order valence-corrected chi connectivity index (χ1v) is 4.97. The lowest BCUT2D eigenvalue weighted by Crippen LogP contribution is -2.31. The van der Waals surface area contributed by atoms with E-state index in [1.165, 1.54) is 0 Å². The Hall–Kier alpha value is -1.84. The highest BCUT2D eigenvalue weighted by Crippen LogP contribution is 2.23. The van der Waals surface area contributed by atoms with Crippen molar-refractivity contribution in [3.63, 3.8) is 0 Å². The lowest BCUT2D eigenvalue weighted by molar-refractivity contribution is 0.508. The van der Waals surface area contributed by atoms with Crippen LogP contribution in [0.1, 0.15) is 13.3 Å². The molecule has 3 N–H and O–H groups in total. The van der Waals surface area contributed by atoms with E-state index in [4.69, 9.17) is 5.73 Å². The standard InChI is InChI=1S/C11H14N4/c1-2-11(13-7-8-14-11)15-10-5-3-9(12)4-6-10/h3-8,15H,2,12H2,1H3. The van der Waals surface area contributed by atoms with Gasteiger partial charge < -0.3 is 11.1 Å². The minimum atomic E-state index is -0.518. The fraction of sp³-hybridized carbons (Fsp3) is 0.273. The third-order valence-corrected chi connectivity index (χ3v) is 2.39. The van der Waals surface area contributed by atoms with Crippen LogP contribution >= 0.6 is 0 Å². The Bertz CT molecular complexity index is 380. The van der Waals surface area contributed by atoms with E-state index in [1.807, 2.05) is 31.2 Å². The topological polar surface area (TPSA) is 62.8 Å². The molecule has 0 saturated heterocycles. The molecule has 4 nitrogen and oxygen atoms in total. The maximum atomic E-state index is 5.61. The molecule has 0 aliphatic carbocycles. The van der Waals surface area contributed by atoms with Crippen molar-refractivity contribution in [3.05, 3.63) is 24.3 Å². The summed E-state index contributed by atoms with van der Waals surface area (Å²) < 4.78 is 0. The van der Waals surface area contributed by atoms with Gasteiger partial charge in [0.05, 0.1) is 0 Å². The Morgan fingerprint density at radius 1 is 1.20 bits per heavy atom. The fourth-order valence-electron chi connectivity index (χ4n) is 1.48. The zero-order valence-corrected chi connectivity index (χ0v) is 8.64. The van der Waals surface area contributed by atoms with E-state index in [2.05, 4.69) is 15.3 Å². The van der Waals surface area contributed by atoms with Gasteiger partial charge >= 0.3 is 0 Å². The van der Waals surface area contributed by atoms with Crippen LogP contribution in [0.2, 0.25) is 0 Å². The average molecular weight is 202 g/mol. The van der Waals surface area contributed by atoms with Gasteiger partial charge in [-0.1, -0.05) is 6.92 Å². The number of hydrogen-bond donors (Lipinski definition) is 2. The quantitative estimate of drug-likeness (QED) is 0.735. The summed E-state index contributed by atoms with van der Waals surface area (Å²) >= 11 is 0. The smallest absolute Gasteiger partial charge is 0.224 e. The first-order valence-electron chi connectivity index (χ1n) is 4.97. The van der Waals surface area contributed by atoms with Crippen molar-refractivity contribution in [3.8, 4) is 0 Å². The lowest BCUT2D eigenvalue weighted by Gasteiger charge is -2.23. The third kappa shape index (κ3) is 1.98. The maximum absolute atomic E-state index is 5.61. The van der Waals surface area contributed by atoms with Crippen molar-refractivity contribution in [2.75, 3.05) is 11.1 Å².